The number of aromatic carboxylic acids is 1. The summed E-state index contributed by atoms with van der Waals surface area (Å²) in [5.41, 5.74) is 0.452. The number of carboxylic acids is 1. The van der Waals surface area contributed by atoms with Crippen LogP contribution >= 0.6 is 11.3 Å². The number of amides is 1. The summed E-state index contributed by atoms with van der Waals surface area (Å²) in [6.07, 6.45) is -0.914. The van der Waals surface area contributed by atoms with E-state index in [1.807, 2.05) is 0 Å². The van der Waals surface area contributed by atoms with Crippen molar-refractivity contribution in [2.75, 3.05) is 0 Å². The lowest BCUT2D eigenvalue weighted by Gasteiger charge is -2.04. The number of carboxylic acid groups (broad SMARTS) is 1. The zero-order valence-corrected chi connectivity index (χ0v) is 7.59. The molecule has 0 bridgehead atoms. The van der Waals surface area contributed by atoms with Crippen LogP contribution in [0.1, 0.15) is 29.8 Å². The molecule has 1 unspecified atom stereocenters. The van der Waals surface area contributed by atoms with Gasteiger partial charge in [-0.15, -0.1) is 11.3 Å². The lowest BCUT2D eigenvalue weighted by molar-refractivity contribution is -0.110. The molecule has 13 heavy (non-hydrogen) atoms. The van der Waals surface area contributed by atoms with Gasteiger partial charge in [0.1, 0.15) is 1.37 Å². The average molecular weight is 201 g/mol. The van der Waals surface area contributed by atoms with E-state index in [2.05, 4.69) is 10.3 Å². The molecule has 2 N–H and O–H groups in total. The Bertz CT molecular complexity index is 366. The minimum absolute atomic E-state index is 0.0221. The van der Waals surface area contributed by atoms with Crippen LogP contribution in [0.3, 0.4) is 0 Å². The van der Waals surface area contributed by atoms with Gasteiger partial charge >= 0.3 is 5.97 Å². The van der Waals surface area contributed by atoms with Gasteiger partial charge in [0.25, 0.3) is 0 Å². The highest BCUT2D eigenvalue weighted by atomic mass is 32.1. The first kappa shape index (κ1) is 8.18. The molecular formula is C7H8N2O3S. The van der Waals surface area contributed by atoms with Gasteiger partial charge in [0.2, 0.25) is 11.4 Å². The second-order valence-electron chi connectivity index (χ2n) is 2.35. The largest absolute Gasteiger partial charge is 0.476 e. The lowest BCUT2D eigenvalue weighted by Crippen LogP contribution is -2.16. The van der Waals surface area contributed by atoms with Crippen molar-refractivity contribution in [3.05, 3.63) is 16.1 Å². The third kappa shape index (κ3) is 2.25. The van der Waals surface area contributed by atoms with Crippen LogP contribution in [0.4, 0.5) is 0 Å². The van der Waals surface area contributed by atoms with E-state index >= 15 is 0 Å². The van der Waals surface area contributed by atoms with Crippen LogP contribution in [0.2, 0.25) is 0 Å². The summed E-state index contributed by atoms with van der Waals surface area (Å²) in [5.74, 6) is -1.09. The minimum atomic E-state index is -1.09. The Hall–Kier alpha value is -1.43. The maximum Gasteiger partial charge on any atom is 0.365 e. The van der Waals surface area contributed by atoms with Crippen LogP contribution in [-0.2, 0) is 4.79 Å². The average Bonchev–Trinajstić information content (AvgIpc) is 2.50. The molecule has 1 amide bonds. The number of carbonyl (C=O) groups excluding carboxylic acids is 1. The van der Waals surface area contributed by atoms with Crippen LogP contribution in [0.5, 0.6) is 0 Å². The van der Waals surface area contributed by atoms with Gasteiger partial charge in [-0.2, -0.15) is 0 Å². The van der Waals surface area contributed by atoms with Crippen molar-refractivity contribution in [1.29, 1.82) is 0 Å². The number of rotatable bonds is 3. The van der Waals surface area contributed by atoms with Gasteiger partial charge in [0.15, 0.2) is 0 Å². The van der Waals surface area contributed by atoms with E-state index in [1.54, 1.807) is 12.3 Å². The Balaban J connectivity index is 2.76. The molecule has 1 atom stereocenters. The molecule has 0 aliphatic rings. The zero-order chi connectivity index (χ0) is 10.7. The highest BCUT2D eigenvalue weighted by Gasteiger charge is 2.12. The van der Waals surface area contributed by atoms with Gasteiger partial charge in [0.05, 0.1) is 11.7 Å². The maximum absolute atomic E-state index is 10.5. The van der Waals surface area contributed by atoms with Gasteiger partial charge in [0, 0.05) is 5.38 Å². The minimum Gasteiger partial charge on any atom is -0.476 e. The topological polar surface area (TPSA) is 79.3 Å². The molecule has 6 heteroatoms. The Morgan fingerprint density at radius 1 is 2.00 bits per heavy atom. The molecule has 0 fully saturated rings. The van der Waals surface area contributed by atoms with Crippen molar-refractivity contribution in [2.45, 2.75) is 13.0 Å². The number of carbonyl (C=O) groups is 2. The molecule has 1 rings (SSSR count). The molecule has 0 aromatic carbocycles. The summed E-state index contributed by atoms with van der Waals surface area (Å²) in [6, 6.07) is -0.440. The zero-order valence-electron chi connectivity index (χ0n) is 7.77. The van der Waals surface area contributed by atoms with Crippen molar-refractivity contribution in [1.82, 2.24) is 10.3 Å². The molecule has 5 nitrogen and oxygen atoms in total. The van der Waals surface area contributed by atoms with Crippen LogP contribution in [0.25, 0.3) is 0 Å². The highest BCUT2D eigenvalue weighted by Crippen LogP contribution is 2.15. The number of aromatic nitrogens is 1. The lowest BCUT2D eigenvalue weighted by atomic mass is 10.3. The molecule has 0 radical (unpaired) electrons. The molecule has 70 valence electrons. The number of nitrogens with one attached hydrogen (secondary N) is 1. The number of hydrogen-bond donors (Lipinski definition) is 2. The normalized spacial score (nSPS) is 13.2. The molecule has 1 aromatic rings. The van der Waals surface area contributed by atoms with Gasteiger partial charge in [-0.05, 0) is 6.92 Å². The van der Waals surface area contributed by atoms with Crippen molar-refractivity contribution in [2.24, 2.45) is 0 Å². The number of nitrogens with zero attached hydrogens (tertiary/aromatic N) is 1. The van der Waals surface area contributed by atoms with Gasteiger partial charge in [-0.1, -0.05) is 0 Å². The molecule has 1 heterocycles. The summed E-state index contributed by atoms with van der Waals surface area (Å²) in [7, 11) is 0. The molecule has 0 spiro atoms. The van der Waals surface area contributed by atoms with Gasteiger partial charge in [-0.3, -0.25) is 4.79 Å². The van der Waals surface area contributed by atoms with Crippen LogP contribution in [-0.4, -0.2) is 22.4 Å². The summed E-state index contributed by atoms with van der Waals surface area (Å²) in [4.78, 5) is 24.6. The summed E-state index contributed by atoms with van der Waals surface area (Å²) >= 11 is 0.990. The third-order valence-electron chi connectivity index (χ3n) is 1.42. The van der Waals surface area contributed by atoms with Gasteiger partial charge in [-0.25, -0.2) is 9.78 Å². The van der Waals surface area contributed by atoms with E-state index in [1.165, 1.54) is 0 Å². The Labute approximate surface area is 79.8 Å². The van der Waals surface area contributed by atoms with E-state index in [4.69, 9.17) is 6.48 Å². The monoisotopic (exact) mass is 201 g/mol. The van der Waals surface area contributed by atoms with E-state index < -0.39 is 18.4 Å². The van der Waals surface area contributed by atoms with Crippen molar-refractivity contribution in [3.8, 4) is 0 Å². The predicted molar refractivity (Wildman–Crippen MR) is 46.7 cm³/mol. The molecule has 0 saturated carbocycles. The van der Waals surface area contributed by atoms with Crippen LogP contribution in [0.15, 0.2) is 5.38 Å². The fraction of sp³-hybridized carbons (Fsp3) is 0.286. The SMILES string of the molecule is [2H]C(=O)NC(C)c1csc(C(=O)O)n1. The van der Waals surface area contributed by atoms with Crippen molar-refractivity contribution >= 4 is 23.7 Å². The molecule has 0 saturated heterocycles. The first-order chi connectivity index (χ1) is 6.50. The van der Waals surface area contributed by atoms with Gasteiger partial charge < -0.3 is 10.4 Å². The second-order valence-corrected chi connectivity index (χ2v) is 3.21. The number of hydrogen-bond acceptors (Lipinski definition) is 4. The van der Waals surface area contributed by atoms with Crippen molar-refractivity contribution < 1.29 is 16.1 Å². The highest BCUT2D eigenvalue weighted by molar-refractivity contribution is 7.11. The quantitative estimate of drug-likeness (QED) is 0.703. The van der Waals surface area contributed by atoms with E-state index in [9.17, 15) is 9.59 Å². The fourth-order valence-electron chi connectivity index (χ4n) is 0.746. The van der Waals surface area contributed by atoms with E-state index in [0.29, 0.717) is 5.69 Å². The smallest absolute Gasteiger partial charge is 0.365 e. The Morgan fingerprint density at radius 2 is 2.69 bits per heavy atom. The first-order valence-electron chi connectivity index (χ1n) is 3.96. The Morgan fingerprint density at radius 3 is 3.15 bits per heavy atom. The summed E-state index contributed by atoms with van der Waals surface area (Å²) in [6.45, 7) is 1.63. The fourth-order valence-corrected chi connectivity index (χ4v) is 1.49. The standard InChI is InChI=1S/C7H8N2O3S/c1-4(8-3-10)5-2-13-6(9-5)7(11)12/h2-4H,1H3,(H,8,10)(H,11,12)/i3D. The third-order valence-corrected chi connectivity index (χ3v) is 2.27. The number of thiazole rings is 1. The molecule has 1 aromatic heterocycles. The summed E-state index contributed by atoms with van der Waals surface area (Å²) in [5, 5.41) is 12.4. The first-order valence-corrected chi connectivity index (χ1v) is 4.34. The van der Waals surface area contributed by atoms with E-state index in [-0.39, 0.29) is 5.01 Å². The van der Waals surface area contributed by atoms with Crippen molar-refractivity contribution in [3.63, 3.8) is 0 Å². The predicted octanol–water partition coefficient (Wildman–Crippen LogP) is 0.648. The van der Waals surface area contributed by atoms with E-state index in [0.717, 1.165) is 11.3 Å². The Kier molecular flexibility index (Phi) is 2.51. The second kappa shape index (κ2) is 3.99. The summed E-state index contributed by atoms with van der Waals surface area (Å²) < 4.78 is 6.66. The van der Waals surface area contributed by atoms with Crippen LogP contribution in [0, 0.1) is 0 Å². The molecular weight excluding hydrogens is 192 g/mol. The molecule has 0 aliphatic carbocycles. The maximum atomic E-state index is 10.5. The van der Waals surface area contributed by atoms with Crippen LogP contribution < -0.4 is 5.32 Å². The molecule has 0 aliphatic heterocycles.